The number of ether oxygens (including phenoxy) is 1. The van der Waals surface area contributed by atoms with Crippen LogP contribution < -0.4 is 10.3 Å². The number of aromatic nitrogens is 2. The first-order chi connectivity index (χ1) is 18.0. The Morgan fingerprint density at radius 1 is 1.08 bits per heavy atom. The molecule has 1 saturated carbocycles. The normalized spacial score (nSPS) is 14.3. The van der Waals surface area contributed by atoms with E-state index < -0.39 is 4.92 Å². The van der Waals surface area contributed by atoms with Crippen molar-refractivity contribution in [3.63, 3.8) is 0 Å². The van der Waals surface area contributed by atoms with Gasteiger partial charge in [-0.3, -0.25) is 14.9 Å². The van der Waals surface area contributed by atoms with Gasteiger partial charge in [-0.15, -0.1) is 0 Å². The summed E-state index contributed by atoms with van der Waals surface area (Å²) in [4.78, 5) is 29.6. The number of nitro benzene ring substituents is 1. The van der Waals surface area contributed by atoms with Crippen LogP contribution in [0.4, 0.5) is 5.69 Å². The fraction of sp³-hybridized carbons (Fsp3) is 0.276. The van der Waals surface area contributed by atoms with Crippen LogP contribution in [0.1, 0.15) is 60.5 Å². The van der Waals surface area contributed by atoms with Gasteiger partial charge in [0.2, 0.25) is 5.75 Å². The second-order valence-electron chi connectivity index (χ2n) is 9.41. The average molecular weight is 497 g/mol. The minimum absolute atomic E-state index is 0.110. The van der Waals surface area contributed by atoms with E-state index in [0.717, 1.165) is 36.8 Å². The Bertz CT molecular complexity index is 1540. The molecule has 0 saturated heterocycles. The van der Waals surface area contributed by atoms with Crippen LogP contribution in [0.2, 0.25) is 0 Å². The topological polar surface area (TPSA) is 99.6 Å². The maximum atomic E-state index is 13.5. The van der Waals surface area contributed by atoms with Gasteiger partial charge in [-0.05, 0) is 43.5 Å². The van der Waals surface area contributed by atoms with Gasteiger partial charge in [-0.1, -0.05) is 67.3 Å². The van der Waals surface area contributed by atoms with Crippen molar-refractivity contribution in [2.45, 2.75) is 51.6 Å². The standard InChI is InChI=1S/C29H28N4O4/c1-20-9-7-10-21(17-20)19-37-27-23(13-8-16-26(27)33(35)36)18-30-32-28(22-11-3-2-4-12-22)31-25-15-6-5-14-24(25)29(32)34/h5-10,13-18,22H,2-4,11-12,19H2,1H3. The Morgan fingerprint density at radius 2 is 1.86 bits per heavy atom. The number of aryl methyl sites for hydroxylation is 1. The van der Waals surface area contributed by atoms with E-state index in [1.54, 1.807) is 24.3 Å². The number of hydrogen-bond acceptors (Lipinski definition) is 6. The van der Waals surface area contributed by atoms with Crippen molar-refractivity contribution < 1.29 is 9.66 Å². The molecule has 0 aliphatic heterocycles. The SMILES string of the molecule is Cc1cccc(COc2c(C=Nn3c(C4CCCCC4)nc4ccccc4c3=O)cccc2[N+](=O)[O-])c1. The molecule has 4 aromatic rings. The van der Waals surface area contributed by atoms with Crippen LogP contribution in [-0.2, 0) is 6.61 Å². The Morgan fingerprint density at radius 3 is 2.65 bits per heavy atom. The summed E-state index contributed by atoms with van der Waals surface area (Å²) in [5.41, 5.74) is 2.62. The second-order valence-corrected chi connectivity index (χ2v) is 9.41. The van der Waals surface area contributed by atoms with Gasteiger partial charge in [0.25, 0.3) is 5.56 Å². The summed E-state index contributed by atoms with van der Waals surface area (Å²) in [6.07, 6.45) is 6.69. The first kappa shape index (κ1) is 24.4. The Labute approximate surface area is 214 Å². The van der Waals surface area contributed by atoms with Crippen LogP contribution in [-0.4, -0.2) is 20.8 Å². The van der Waals surface area contributed by atoms with Gasteiger partial charge in [0.05, 0.1) is 22.0 Å². The molecule has 0 radical (unpaired) electrons. The van der Waals surface area contributed by atoms with Crippen molar-refractivity contribution in [3.8, 4) is 5.75 Å². The number of fused-ring (bicyclic) bond motifs is 1. The largest absolute Gasteiger partial charge is 0.481 e. The van der Waals surface area contributed by atoms with Gasteiger partial charge in [-0.2, -0.15) is 9.78 Å². The molecule has 0 amide bonds. The molecule has 0 spiro atoms. The number of benzene rings is 3. The lowest BCUT2D eigenvalue weighted by Gasteiger charge is -2.22. The summed E-state index contributed by atoms with van der Waals surface area (Å²) in [6.45, 7) is 2.14. The van der Waals surface area contributed by atoms with E-state index in [4.69, 9.17) is 9.72 Å². The molecule has 0 atom stereocenters. The number of hydrogen-bond donors (Lipinski definition) is 0. The highest BCUT2D eigenvalue weighted by Gasteiger charge is 2.23. The van der Waals surface area contributed by atoms with Crippen molar-refractivity contribution in [1.29, 1.82) is 0 Å². The molecule has 1 aliphatic carbocycles. The Balaban J connectivity index is 1.57. The van der Waals surface area contributed by atoms with E-state index in [1.807, 2.05) is 43.3 Å². The van der Waals surface area contributed by atoms with E-state index in [-0.39, 0.29) is 29.5 Å². The molecule has 1 aliphatic rings. The van der Waals surface area contributed by atoms with E-state index in [1.165, 1.54) is 23.4 Å². The van der Waals surface area contributed by atoms with Crippen molar-refractivity contribution in [1.82, 2.24) is 9.66 Å². The van der Waals surface area contributed by atoms with Gasteiger partial charge >= 0.3 is 5.69 Å². The zero-order valence-corrected chi connectivity index (χ0v) is 20.7. The Hall–Kier alpha value is -4.33. The molecule has 5 rings (SSSR count). The smallest absolute Gasteiger partial charge is 0.311 e. The van der Waals surface area contributed by atoms with Crippen LogP contribution in [0, 0.1) is 17.0 Å². The van der Waals surface area contributed by atoms with E-state index in [2.05, 4.69) is 5.10 Å². The molecule has 0 N–H and O–H groups in total. The van der Waals surface area contributed by atoms with Gasteiger partial charge in [0, 0.05) is 17.5 Å². The summed E-state index contributed by atoms with van der Waals surface area (Å²) in [5.74, 6) is 0.872. The summed E-state index contributed by atoms with van der Waals surface area (Å²) in [5, 5.41) is 16.8. The molecule has 3 aromatic carbocycles. The summed E-state index contributed by atoms with van der Waals surface area (Å²) in [6, 6.07) is 19.7. The lowest BCUT2D eigenvalue weighted by atomic mass is 9.88. The molecular weight excluding hydrogens is 468 g/mol. The predicted molar refractivity (Wildman–Crippen MR) is 143 cm³/mol. The van der Waals surface area contributed by atoms with Crippen LogP contribution in [0.5, 0.6) is 5.75 Å². The van der Waals surface area contributed by atoms with Gasteiger partial charge in [0.1, 0.15) is 12.4 Å². The third-order valence-corrected chi connectivity index (χ3v) is 6.75. The van der Waals surface area contributed by atoms with Crippen LogP contribution in [0.25, 0.3) is 10.9 Å². The molecule has 0 unspecified atom stereocenters. The zero-order chi connectivity index (χ0) is 25.8. The summed E-state index contributed by atoms with van der Waals surface area (Å²) >= 11 is 0. The van der Waals surface area contributed by atoms with Crippen molar-refractivity contribution in [2.24, 2.45) is 5.10 Å². The highest BCUT2D eigenvalue weighted by atomic mass is 16.6. The van der Waals surface area contributed by atoms with Crippen molar-refractivity contribution >= 4 is 22.8 Å². The van der Waals surface area contributed by atoms with Crippen LogP contribution >= 0.6 is 0 Å². The fourth-order valence-electron chi connectivity index (χ4n) is 4.90. The summed E-state index contributed by atoms with van der Waals surface area (Å²) in [7, 11) is 0. The van der Waals surface area contributed by atoms with Crippen LogP contribution in [0.3, 0.4) is 0 Å². The zero-order valence-electron chi connectivity index (χ0n) is 20.7. The maximum absolute atomic E-state index is 13.5. The molecule has 1 heterocycles. The quantitative estimate of drug-likeness (QED) is 0.174. The maximum Gasteiger partial charge on any atom is 0.311 e. The fourth-order valence-corrected chi connectivity index (χ4v) is 4.90. The average Bonchev–Trinajstić information content (AvgIpc) is 2.92. The molecule has 8 nitrogen and oxygen atoms in total. The lowest BCUT2D eigenvalue weighted by Crippen LogP contribution is -2.25. The molecule has 37 heavy (non-hydrogen) atoms. The Kier molecular flexibility index (Phi) is 7.07. The van der Waals surface area contributed by atoms with Gasteiger partial charge < -0.3 is 4.74 Å². The monoisotopic (exact) mass is 496 g/mol. The van der Waals surface area contributed by atoms with Gasteiger partial charge in [0.15, 0.2) is 0 Å². The van der Waals surface area contributed by atoms with E-state index in [9.17, 15) is 14.9 Å². The third kappa shape index (κ3) is 5.28. The number of nitro groups is 1. The first-order valence-electron chi connectivity index (χ1n) is 12.5. The minimum Gasteiger partial charge on any atom is -0.481 e. The van der Waals surface area contributed by atoms with Crippen molar-refractivity contribution in [3.05, 3.63) is 110 Å². The predicted octanol–water partition coefficient (Wildman–Crippen LogP) is 6.12. The molecule has 1 aromatic heterocycles. The first-order valence-corrected chi connectivity index (χ1v) is 12.5. The molecule has 188 valence electrons. The lowest BCUT2D eigenvalue weighted by molar-refractivity contribution is -0.385. The van der Waals surface area contributed by atoms with Crippen LogP contribution in [0.15, 0.2) is 76.6 Å². The minimum atomic E-state index is -0.472. The third-order valence-electron chi connectivity index (χ3n) is 6.75. The highest BCUT2D eigenvalue weighted by Crippen LogP contribution is 2.33. The molecule has 1 fully saturated rings. The van der Waals surface area contributed by atoms with E-state index >= 15 is 0 Å². The highest BCUT2D eigenvalue weighted by molar-refractivity contribution is 5.86. The number of para-hydroxylation sites is 2. The number of nitrogens with zero attached hydrogens (tertiary/aromatic N) is 4. The van der Waals surface area contributed by atoms with Crippen molar-refractivity contribution in [2.75, 3.05) is 0 Å². The molecule has 8 heteroatoms. The summed E-state index contributed by atoms with van der Waals surface area (Å²) < 4.78 is 7.33. The van der Waals surface area contributed by atoms with Gasteiger partial charge in [-0.25, -0.2) is 4.98 Å². The number of rotatable bonds is 7. The molecule has 0 bridgehead atoms. The second kappa shape index (κ2) is 10.7. The van der Waals surface area contributed by atoms with E-state index in [0.29, 0.717) is 22.3 Å². The molecular formula is C29H28N4O4.